The maximum atomic E-state index is 13.7. The van der Waals surface area contributed by atoms with E-state index in [2.05, 4.69) is 19.8 Å². The fourth-order valence-corrected chi connectivity index (χ4v) is 5.19. The maximum absolute atomic E-state index is 13.7. The number of carbonyl (C=O) groups excluding carboxylic acids is 1. The number of halogens is 6. The van der Waals surface area contributed by atoms with E-state index in [1.54, 1.807) is 0 Å². The molecule has 3 rings (SSSR count). The molecule has 218 valence electrons. The molecular formula is C25H30F6N2O5S. The summed E-state index contributed by atoms with van der Waals surface area (Å²) in [6.45, 7) is 2.53. The number of sulfone groups is 1. The van der Waals surface area contributed by atoms with Gasteiger partial charge in [0.05, 0.1) is 25.4 Å². The van der Waals surface area contributed by atoms with Gasteiger partial charge in [0.1, 0.15) is 0 Å². The van der Waals surface area contributed by atoms with E-state index >= 15 is 0 Å². The molecule has 1 aromatic carbocycles. The maximum Gasteiger partial charge on any atom is 0.430 e. The molecule has 1 aliphatic carbocycles. The van der Waals surface area contributed by atoms with Gasteiger partial charge < -0.3 is 14.8 Å². The van der Waals surface area contributed by atoms with E-state index in [1.807, 2.05) is 13.8 Å². The summed E-state index contributed by atoms with van der Waals surface area (Å²) in [7, 11) is -2.42. The van der Waals surface area contributed by atoms with Crippen LogP contribution in [-0.4, -0.2) is 57.7 Å². The highest BCUT2D eigenvalue weighted by Gasteiger charge is 2.73. The molecule has 1 aliphatic rings. The lowest BCUT2D eigenvalue weighted by Gasteiger charge is -2.37. The molecule has 7 nitrogen and oxygen atoms in total. The third kappa shape index (κ3) is 8.15. The molecule has 0 bridgehead atoms. The number of methoxy groups -OCH3 is 1. The normalized spacial score (nSPS) is 14.4. The molecule has 1 fully saturated rings. The van der Waals surface area contributed by atoms with Crippen LogP contribution in [0, 0.1) is 5.92 Å². The zero-order valence-electron chi connectivity index (χ0n) is 21.5. The molecule has 0 atom stereocenters. The zero-order chi connectivity index (χ0) is 29.5. The molecule has 1 N–H and O–H groups in total. The molecule has 0 spiro atoms. The number of rotatable bonds is 11. The number of nitrogens with zero attached hydrogens (tertiary/aromatic N) is 1. The number of carbonyl (C=O) groups is 1. The highest BCUT2D eigenvalue weighted by atomic mass is 32.2. The highest BCUT2D eigenvalue weighted by molar-refractivity contribution is 7.91. The number of nitrogens with one attached hydrogen (secondary N) is 1. The highest BCUT2D eigenvalue weighted by Crippen LogP contribution is 2.53. The minimum absolute atomic E-state index is 0.0111. The van der Waals surface area contributed by atoms with Crippen LogP contribution in [0.25, 0.3) is 0 Å². The second-order valence-electron chi connectivity index (χ2n) is 8.55. The number of ether oxygens (including phenoxy) is 2. The Balaban J connectivity index is 0.00000260. The van der Waals surface area contributed by atoms with Crippen LogP contribution in [0.2, 0.25) is 0 Å². The predicted octanol–water partition coefficient (Wildman–Crippen LogP) is 5.46. The van der Waals surface area contributed by atoms with Crippen molar-refractivity contribution in [1.29, 1.82) is 0 Å². The average Bonchev–Trinajstić information content (AvgIpc) is 3.66. The van der Waals surface area contributed by atoms with E-state index < -0.39 is 52.5 Å². The first kappa shape index (κ1) is 32.5. The Morgan fingerprint density at radius 2 is 1.56 bits per heavy atom. The molecule has 1 aromatic heterocycles. The second kappa shape index (κ2) is 13.1. The number of pyridine rings is 1. The van der Waals surface area contributed by atoms with E-state index in [9.17, 15) is 39.6 Å². The summed E-state index contributed by atoms with van der Waals surface area (Å²) in [5, 5.41) is 2.26. The molecule has 0 saturated heterocycles. The smallest absolute Gasteiger partial charge is 0.382 e. The minimum atomic E-state index is -5.84. The van der Waals surface area contributed by atoms with Gasteiger partial charge in [-0.05, 0) is 42.5 Å². The molecule has 1 heterocycles. The monoisotopic (exact) mass is 584 g/mol. The number of benzene rings is 1. The minimum Gasteiger partial charge on any atom is -0.382 e. The number of aromatic nitrogens is 1. The van der Waals surface area contributed by atoms with Crippen molar-refractivity contribution < 1.29 is 49.0 Å². The summed E-state index contributed by atoms with van der Waals surface area (Å²) < 4.78 is 116. The quantitative estimate of drug-likeness (QED) is 0.279. The van der Waals surface area contributed by atoms with Crippen LogP contribution in [0.15, 0.2) is 47.6 Å². The van der Waals surface area contributed by atoms with Gasteiger partial charge in [0.15, 0.2) is 14.9 Å². The van der Waals surface area contributed by atoms with Crippen molar-refractivity contribution in [2.45, 2.75) is 56.1 Å². The van der Waals surface area contributed by atoms with Crippen molar-refractivity contribution in [2.24, 2.45) is 5.92 Å². The molecule has 0 aliphatic heterocycles. The summed E-state index contributed by atoms with van der Waals surface area (Å²) in [6.07, 6.45) is -9.00. The second-order valence-corrected chi connectivity index (χ2v) is 10.5. The molecule has 1 saturated carbocycles. The first-order valence-corrected chi connectivity index (χ1v) is 13.7. The molecule has 1 amide bonds. The summed E-state index contributed by atoms with van der Waals surface area (Å²) in [4.78, 5) is 16.2. The molecule has 14 heteroatoms. The number of hydrogen-bond donors (Lipinski definition) is 1. The average molecular weight is 585 g/mol. The SMILES string of the molecule is CC.COCCOC(c1ccc(NC(=O)Cc2ccc(S(=O)(=O)CC3CC3)nc2)cc1)(C(F)(F)F)C(F)(F)F. The molecule has 0 unspecified atom stereocenters. The fourth-order valence-electron chi connectivity index (χ4n) is 3.57. The van der Waals surface area contributed by atoms with Crippen molar-refractivity contribution in [3.63, 3.8) is 0 Å². The van der Waals surface area contributed by atoms with Gasteiger partial charge in [0.25, 0.3) is 5.60 Å². The summed E-state index contributed by atoms with van der Waals surface area (Å²) in [6, 6.07) is 5.63. The van der Waals surface area contributed by atoms with E-state index in [4.69, 9.17) is 0 Å². The summed E-state index contributed by atoms with van der Waals surface area (Å²) in [5.41, 5.74) is -5.50. The van der Waals surface area contributed by atoms with Crippen molar-refractivity contribution in [3.05, 3.63) is 53.7 Å². The van der Waals surface area contributed by atoms with Crippen LogP contribution < -0.4 is 5.32 Å². The number of alkyl halides is 6. The third-order valence-electron chi connectivity index (χ3n) is 5.61. The standard InChI is InChI=1S/C23H24F6N2O5S.C2H6/c1-35-10-11-36-21(22(24,25)26,23(27,28)29)17-5-7-18(8-6-17)31-19(32)12-16-4-9-20(30-13-16)37(33,34)14-15-2-3-15;1-2/h4-9,13,15H,2-3,10-12,14H2,1H3,(H,31,32);1-2H3. The predicted molar refractivity (Wildman–Crippen MR) is 131 cm³/mol. The van der Waals surface area contributed by atoms with Gasteiger partial charge >= 0.3 is 12.4 Å². The third-order valence-corrected chi connectivity index (χ3v) is 7.40. The van der Waals surface area contributed by atoms with Gasteiger partial charge in [-0.3, -0.25) is 4.79 Å². The molecule has 39 heavy (non-hydrogen) atoms. The lowest BCUT2D eigenvalue weighted by Crippen LogP contribution is -2.56. The van der Waals surface area contributed by atoms with Gasteiger partial charge in [-0.25, -0.2) is 13.4 Å². The van der Waals surface area contributed by atoms with Crippen molar-refractivity contribution in [1.82, 2.24) is 4.98 Å². The Hall–Kier alpha value is -2.71. The van der Waals surface area contributed by atoms with Gasteiger partial charge in [-0.1, -0.05) is 32.0 Å². The van der Waals surface area contributed by atoms with E-state index in [0.29, 0.717) is 17.7 Å². The van der Waals surface area contributed by atoms with Gasteiger partial charge in [0.2, 0.25) is 5.91 Å². The van der Waals surface area contributed by atoms with Crippen molar-refractivity contribution >= 4 is 21.4 Å². The lowest BCUT2D eigenvalue weighted by atomic mass is 9.91. The zero-order valence-corrected chi connectivity index (χ0v) is 22.3. The molecule has 2 aromatic rings. The fraction of sp³-hybridized carbons (Fsp3) is 0.520. The molecular weight excluding hydrogens is 554 g/mol. The van der Waals surface area contributed by atoms with Crippen molar-refractivity contribution in [3.8, 4) is 0 Å². The van der Waals surface area contributed by atoms with Crippen LogP contribution >= 0.6 is 0 Å². The largest absolute Gasteiger partial charge is 0.430 e. The Morgan fingerprint density at radius 3 is 2.03 bits per heavy atom. The van der Waals surface area contributed by atoms with Gasteiger partial charge in [-0.15, -0.1) is 0 Å². The summed E-state index contributed by atoms with van der Waals surface area (Å²) in [5.74, 6) is -0.493. The first-order valence-electron chi connectivity index (χ1n) is 12.0. The lowest BCUT2D eigenvalue weighted by molar-refractivity contribution is -0.390. The van der Waals surface area contributed by atoms with Crippen LogP contribution in [0.4, 0.5) is 32.0 Å². The van der Waals surface area contributed by atoms with Crippen LogP contribution in [0.5, 0.6) is 0 Å². The molecule has 0 radical (unpaired) electrons. The number of anilines is 1. The van der Waals surface area contributed by atoms with E-state index in [-0.39, 0.29) is 28.8 Å². The Morgan fingerprint density at radius 1 is 0.974 bits per heavy atom. The van der Waals surface area contributed by atoms with Crippen molar-refractivity contribution in [2.75, 3.05) is 31.4 Å². The van der Waals surface area contributed by atoms with Crippen LogP contribution in [0.1, 0.15) is 37.8 Å². The Kier molecular flexibility index (Phi) is 10.9. The van der Waals surface area contributed by atoms with Crippen LogP contribution in [0.3, 0.4) is 0 Å². The van der Waals surface area contributed by atoms with E-state index in [0.717, 1.165) is 32.1 Å². The first-order chi connectivity index (χ1) is 18.2. The Bertz CT molecular complexity index is 1170. The van der Waals surface area contributed by atoms with Gasteiger partial charge in [-0.2, -0.15) is 26.3 Å². The topological polar surface area (TPSA) is 94.6 Å². The van der Waals surface area contributed by atoms with Gasteiger partial charge in [0, 0.05) is 24.6 Å². The van der Waals surface area contributed by atoms with Crippen LogP contribution in [-0.2, 0) is 36.1 Å². The Labute approximate surface area is 222 Å². The number of amides is 1. The number of hydrogen-bond acceptors (Lipinski definition) is 6. The van der Waals surface area contributed by atoms with E-state index in [1.165, 1.54) is 18.3 Å². The summed E-state index contributed by atoms with van der Waals surface area (Å²) >= 11 is 0.